The Bertz CT molecular complexity index is 613. The maximum absolute atomic E-state index is 13.4. The first-order valence-electron chi connectivity index (χ1n) is 5.73. The summed E-state index contributed by atoms with van der Waals surface area (Å²) in [6.07, 6.45) is 1.90. The third kappa shape index (κ3) is 2.74. The Morgan fingerprint density at radius 2 is 2.11 bits per heavy atom. The smallest absolute Gasteiger partial charge is 0.258 e. The molecule has 8 heteroatoms. The quantitative estimate of drug-likeness (QED) is 0.611. The molecule has 0 bridgehead atoms. The van der Waals surface area contributed by atoms with E-state index in [1.54, 1.807) is 0 Å². The molecule has 0 heterocycles. The van der Waals surface area contributed by atoms with E-state index < -0.39 is 31.3 Å². The molecule has 19 heavy (non-hydrogen) atoms. The minimum Gasteiger partial charge on any atom is -0.258 e. The first-order valence-corrected chi connectivity index (χ1v) is 7.17. The number of nitrogens with zero attached hydrogens (tertiary/aromatic N) is 2. The summed E-state index contributed by atoms with van der Waals surface area (Å²) in [5, 5.41) is 10.8. The van der Waals surface area contributed by atoms with Crippen molar-refractivity contribution in [2.45, 2.75) is 17.7 Å². The van der Waals surface area contributed by atoms with Crippen molar-refractivity contribution in [3.63, 3.8) is 0 Å². The van der Waals surface area contributed by atoms with E-state index in [2.05, 4.69) is 0 Å². The fourth-order valence-corrected chi connectivity index (χ4v) is 3.22. The van der Waals surface area contributed by atoms with E-state index >= 15 is 0 Å². The van der Waals surface area contributed by atoms with Crippen molar-refractivity contribution in [1.29, 1.82) is 0 Å². The maximum Gasteiger partial charge on any atom is 0.324 e. The monoisotopic (exact) mass is 288 g/mol. The SMILES string of the molecule is CN(CC1CC1)S(=O)(=O)c1cccc(F)c1[N+](=O)[O-]. The van der Waals surface area contributed by atoms with Gasteiger partial charge in [-0.3, -0.25) is 10.1 Å². The van der Waals surface area contributed by atoms with Crippen molar-refractivity contribution in [2.75, 3.05) is 13.6 Å². The summed E-state index contributed by atoms with van der Waals surface area (Å²) >= 11 is 0. The first kappa shape index (κ1) is 13.9. The second-order valence-corrected chi connectivity index (χ2v) is 6.59. The molecule has 1 aromatic rings. The predicted octanol–water partition coefficient (Wildman–Crippen LogP) is 1.76. The van der Waals surface area contributed by atoms with Crippen LogP contribution in [0.15, 0.2) is 23.1 Å². The lowest BCUT2D eigenvalue weighted by Gasteiger charge is -2.16. The van der Waals surface area contributed by atoms with E-state index in [-0.39, 0.29) is 0 Å². The highest BCUT2D eigenvalue weighted by Gasteiger charge is 2.34. The van der Waals surface area contributed by atoms with Gasteiger partial charge in [0.15, 0.2) is 4.90 Å². The molecule has 1 aliphatic carbocycles. The van der Waals surface area contributed by atoms with Crippen molar-refractivity contribution in [3.8, 4) is 0 Å². The van der Waals surface area contributed by atoms with Gasteiger partial charge in [-0.05, 0) is 30.9 Å². The van der Waals surface area contributed by atoms with Crippen molar-refractivity contribution < 1.29 is 17.7 Å². The number of hydrogen-bond acceptors (Lipinski definition) is 4. The first-order chi connectivity index (χ1) is 8.84. The van der Waals surface area contributed by atoms with Crippen molar-refractivity contribution in [1.82, 2.24) is 4.31 Å². The zero-order valence-corrected chi connectivity index (χ0v) is 11.1. The highest BCUT2D eigenvalue weighted by Crippen LogP contribution is 2.33. The zero-order chi connectivity index (χ0) is 14.2. The van der Waals surface area contributed by atoms with Crippen molar-refractivity contribution in [2.24, 2.45) is 5.92 Å². The number of rotatable bonds is 5. The molecule has 0 N–H and O–H groups in total. The van der Waals surface area contributed by atoms with Crippen molar-refractivity contribution >= 4 is 15.7 Å². The predicted molar refractivity (Wildman–Crippen MR) is 65.6 cm³/mol. The Labute approximate surface area is 110 Å². The van der Waals surface area contributed by atoms with Gasteiger partial charge in [0.05, 0.1) is 4.92 Å². The summed E-state index contributed by atoms with van der Waals surface area (Å²) in [6.45, 7) is 0.302. The minimum absolute atomic E-state index is 0.299. The van der Waals surface area contributed by atoms with Gasteiger partial charge in [-0.2, -0.15) is 4.39 Å². The number of sulfonamides is 1. The number of para-hydroxylation sites is 1. The molecule has 6 nitrogen and oxygen atoms in total. The molecule has 0 aromatic heterocycles. The van der Waals surface area contributed by atoms with Crippen LogP contribution < -0.4 is 0 Å². The van der Waals surface area contributed by atoms with E-state index in [1.165, 1.54) is 7.05 Å². The molecule has 0 aliphatic heterocycles. The van der Waals surface area contributed by atoms with Gasteiger partial charge in [0.25, 0.3) is 0 Å². The number of benzene rings is 1. The molecule has 1 aliphatic rings. The van der Waals surface area contributed by atoms with Crippen LogP contribution in [0.2, 0.25) is 0 Å². The normalized spacial score (nSPS) is 15.7. The topological polar surface area (TPSA) is 80.5 Å². The molecule has 0 amide bonds. The fourth-order valence-electron chi connectivity index (χ4n) is 1.81. The van der Waals surface area contributed by atoms with Gasteiger partial charge in [-0.25, -0.2) is 12.7 Å². The molecule has 2 rings (SSSR count). The molecule has 1 saturated carbocycles. The van der Waals surface area contributed by atoms with Crippen LogP contribution in [-0.2, 0) is 10.0 Å². The largest absolute Gasteiger partial charge is 0.324 e. The van der Waals surface area contributed by atoms with Gasteiger partial charge in [-0.1, -0.05) is 6.07 Å². The van der Waals surface area contributed by atoms with E-state index in [0.717, 1.165) is 35.3 Å². The molecule has 0 atom stereocenters. The Morgan fingerprint density at radius 3 is 2.63 bits per heavy atom. The fraction of sp³-hybridized carbons (Fsp3) is 0.455. The lowest BCUT2D eigenvalue weighted by molar-refractivity contribution is -0.390. The van der Waals surface area contributed by atoms with Gasteiger partial charge in [0.2, 0.25) is 15.8 Å². The Hall–Kier alpha value is -1.54. The van der Waals surface area contributed by atoms with Crippen LogP contribution in [0, 0.1) is 21.8 Å². The molecule has 0 unspecified atom stereocenters. The van der Waals surface area contributed by atoms with E-state index in [9.17, 15) is 22.9 Å². The van der Waals surface area contributed by atoms with Crippen molar-refractivity contribution in [3.05, 3.63) is 34.1 Å². The number of nitro benzene ring substituents is 1. The van der Waals surface area contributed by atoms with Crippen LogP contribution in [0.5, 0.6) is 0 Å². The molecular weight excluding hydrogens is 275 g/mol. The summed E-state index contributed by atoms with van der Waals surface area (Å²) in [6, 6.07) is 3.08. The summed E-state index contributed by atoms with van der Waals surface area (Å²) in [7, 11) is -2.69. The molecule has 0 radical (unpaired) electrons. The van der Waals surface area contributed by atoms with E-state index in [0.29, 0.717) is 12.5 Å². The second-order valence-electron chi connectivity index (χ2n) is 4.57. The van der Waals surface area contributed by atoms with E-state index in [4.69, 9.17) is 0 Å². The Kier molecular flexibility index (Phi) is 3.55. The highest BCUT2D eigenvalue weighted by atomic mass is 32.2. The lowest BCUT2D eigenvalue weighted by atomic mass is 10.3. The lowest BCUT2D eigenvalue weighted by Crippen LogP contribution is -2.29. The number of hydrogen-bond donors (Lipinski definition) is 0. The van der Waals surface area contributed by atoms with E-state index in [1.807, 2.05) is 0 Å². The van der Waals surface area contributed by atoms with Gasteiger partial charge in [0, 0.05) is 13.6 Å². The Morgan fingerprint density at radius 1 is 1.47 bits per heavy atom. The van der Waals surface area contributed by atoms with Crippen LogP contribution in [-0.4, -0.2) is 31.2 Å². The van der Waals surface area contributed by atoms with Crippen LogP contribution in [0.1, 0.15) is 12.8 Å². The number of halogens is 1. The van der Waals surface area contributed by atoms with Gasteiger partial charge in [0.1, 0.15) is 0 Å². The van der Waals surface area contributed by atoms with Gasteiger partial charge < -0.3 is 0 Å². The standard InChI is InChI=1S/C11H13FN2O4S/c1-13(7-8-5-6-8)19(17,18)10-4-2-3-9(12)11(10)14(15)16/h2-4,8H,5-7H2,1H3. The third-order valence-corrected chi connectivity index (χ3v) is 4.89. The highest BCUT2D eigenvalue weighted by molar-refractivity contribution is 7.89. The average Bonchev–Trinajstić information content (AvgIpc) is 3.11. The minimum atomic E-state index is -4.04. The van der Waals surface area contributed by atoms with Crippen LogP contribution >= 0.6 is 0 Å². The molecule has 0 spiro atoms. The molecule has 0 saturated heterocycles. The molecule has 1 aromatic carbocycles. The second kappa shape index (κ2) is 4.86. The van der Waals surface area contributed by atoms with Crippen LogP contribution in [0.3, 0.4) is 0 Å². The van der Waals surface area contributed by atoms with Gasteiger partial charge >= 0.3 is 5.69 Å². The summed E-state index contributed by atoms with van der Waals surface area (Å²) < 4.78 is 38.9. The third-order valence-electron chi connectivity index (χ3n) is 3.03. The Balaban J connectivity index is 2.44. The summed E-state index contributed by atoms with van der Waals surface area (Å²) in [5.41, 5.74) is -0.995. The summed E-state index contributed by atoms with van der Waals surface area (Å²) in [4.78, 5) is 9.23. The van der Waals surface area contributed by atoms with Crippen LogP contribution in [0.4, 0.5) is 10.1 Å². The van der Waals surface area contributed by atoms with Gasteiger partial charge in [-0.15, -0.1) is 0 Å². The molecular formula is C11H13FN2O4S. The number of nitro groups is 1. The van der Waals surface area contributed by atoms with Crippen LogP contribution in [0.25, 0.3) is 0 Å². The molecule has 1 fully saturated rings. The molecule has 104 valence electrons. The maximum atomic E-state index is 13.4. The average molecular weight is 288 g/mol. The zero-order valence-electron chi connectivity index (χ0n) is 10.2. The summed E-state index contributed by atoms with van der Waals surface area (Å²) in [5.74, 6) is -0.849.